The second-order valence-electron chi connectivity index (χ2n) is 6.57. The molecule has 1 unspecified atom stereocenters. The van der Waals surface area contributed by atoms with Crippen LogP contribution in [0.15, 0.2) is 54.9 Å². The predicted octanol–water partition coefficient (Wildman–Crippen LogP) is 3.87. The fourth-order valence-corrected chi connectivity index (χ4v) is 4.15. The number of nitrogens with one attached hydrogen (secondary N) is 2. The lowest BCUT2D eigenvalue weighted by Crippen LogP contribution is -2.41. The highest BCUT2D eigenvalue weighted by molar-refractivity contribution is 7.17. The number of aromatic amines is 1. The van der Waals surface area contributed by atoms with Gasteiger partial charge in [0, 0.05) is 46.4 Å². The van der Waals surface area contributed by atoms with Gasteiger partial charge >= 0.3 is 0 Å². The highest BCUT2D eigenvalue weighted by atomic mass is 32.1. The largest absolute Gasteiger partial charge is 0.347 e. The lowest BCUT2D eigenvalue weighted by Gasteiger charge is -2.17. The van der Waals surface area contributed by atoms with Crippen LogP contribution < -0.4 is 11.1 Å². The number of rotatable bonds is 6. The Hall–Kier alpha value is -3.10. The molecule has 1 amide bonds. The molecule has 0 spiro atoms. The van der Waals surface area contributed by atoms with Crippen LogP contribution in [0.2, 0.25) is 0 Å². The maximum Gasteiger partial charge on any atom is 0.261 e. The molecule has 29 heavy (non-hydrogen) atoms. The summed E-state index contributed by atoms with van der Waals surface area (Å²) in [7, 11) is 0. The van der Waals surface area contributed by atoms with Gasteiger partial charge in [-0.25, -0.2) is 13.8 Å². The van der Waals surface area contributed by atoms with Crippen molar-refractivity contribution in [2.45, 2.75) is 12.5 Å². The molecule has 148 valence electrons. The van der Waals surface area contributed by atoms with Gasteiger partial charge < -0.3 is 16.0 Å². The lowest BCUT2D eigenvalue weighted by atomic mass is 10.0. The van der Waals surface area contributed by atoms with Crippen LogP contribution in [-0.2, 0) is 6.42 Å². The molecule has 0 saturated heterocycles. The normalized spacial score (nSPS) is 12.2. The second-order valence-corrected chi connectivity index (χ2v) is 7.66. The number of aromatic nitrogens is 2. The third-order valence-corrected chi connectivity index (χ3v) is 5.80. The van der Waals surface area contributed by atoms with Crippen molar-refractivity contribution in [2.24, 2.45) is 5.73 Å². The van der Waals surface area contributed by atoms with E-state index in [1.807, 2.05) is 24.4 Å². The van der Waals surface area contributed by atoms with E-state index in [2.05, 4.69) is 15.3 Å². The number of hydrogen-bond acceptors (Lipinski definition) is 4. The minimum absolute atomic E-state index is 0.0205. The Labute approximate surface area is 169 Å². The number of carbonyl (C=O) groups is 1. The van der Waals surface area contributed by atoms with Crippen LogP contribution in [0, 0.1) is 11.6 Å². The maximum absolute atomic E-state index is 13.9. The van der Waals surface area contributed by atoms with E-state index in [-0.39, 0.29) is 24.4 Å². The zero-order valence-corrected chi connectivity index (χ0v) is 16.1. The number of fused-ring (bicyclic) bond motifs is 1. The number of carbonyl (C=O) groups excluding carboxylic acids is 1. The molecule has 1 atom stereocenters. The van der Waals surface area contributed by atoms with Crippen LogP contribution in [0.5, 0.6) is 0 Å². The van der Waals surface area contributed by atoms with E-state index in [9.17, 15) is 13.6 Å². The molecule has 1 aromatic carbocycles. The molecule has 0 aliphatic heterocycles. The molecular formula is C21H18F2N4OS. The molecule has 0 bridgehead atoms. The minimum Gasteiger partial charge on any atom is -0.347 e. The molecule has 8 heteroatoms. The van der Waals surface area contributed by atoms with Gasteiger partial charge in [-0.05, 0) is 42.8 Å². The Bertz CT molecular complexity index is 1150. The Morgan fingerprint density at radius 3 is 2.72 bits per heavy atom. The van der Waals surface area contributed by atoms with E-state index in [4.69, 9.17) is 5.73 Å². The maximum atomic E-state index is 13.9. The topological polar surface area (TPSA) is 83.8 Å². The van der Waals surface area contributed by atoms with Gasteiger partial charge in [-0.2, -0.15) is 0 Å². The lowest BCUT2D eigenvalue weighted by molar-refractivity contribution is 0.0941. The van der Waals surface area contributed by atoms with Crippen molar-refractivity contribution in [1.82, 2.24) is 15.3 Å². The number of amides is 1. The summed E-state index contributed by atoms with van der Waals surface area (Å²) < 4.78 is 27.8. The van der Waals surface area contributed by atoms with Crippen molar-refractivity contribution in [3.05, 3.63) is 76.9 Å². The van der Waals surface area contributed by atoms with Gasteiger partial charge in [0.15, 0.2) is 0 Å². The zero-order chi connectivity index (χ0) is 20.4. The van der Waals surface area contributed by atoms with Crippen LogP contribution in [0.25, 0.3) is 21.5 Å². The number of nitrogens with two attached hydrogens (primary N) is 1. The fraction of sp³-hybridized carbons (Fsp3) is 0.143. The van der Waals surface area contributed by atoms with Gasteiger partial charge in [0.2, 0.25) is 0 Å². The van der Waals surface area contributed by atoms with Crippen LogP contribution in [0.3, 0.4) is 0 Å². The van der Waals surface area contributed by atoms with Crippen LogP contribution in [0.4, 0.5) is 8.78 Å². The number of benzene rings is 1. The molecule has 0 aliphatic carbocycles. The molecule has 0 aliphatic rings. The molecule has 4 aromatic rings. The number of H-pyrrole nitrogens is 1. The third kappa shape index (κ3) is 3.90. The van der Waals surface area contributed by atoms with E-state index < -0.39 is 17.7 Å². The predicted molar refractivity (Wildman–Crippen MR) is 110 cm³/mol. The van der Waals surface area contributed by atoms with E-state index >= 15 is 0 Å². The number of nitrogens with zero attached hydrogens (tertiary/aromatic N) is 1. The van der Waals surface area contributed by atoms with E-state index in [0.717, 1.165) is 21.5 Å². The quantitative estimate of drug-likeness (QED) is 0.450. The summed E-state index contributed by atoms with van der Waals surface area (Å²) >= 11 is 1.33. The molecule has 0 fully saturated rings. The van der Waals surface area contributed by atoms with Crippen molar-refractivity contribution in [2.75, 3.05) is 6.54 Å². The summed E-state index contributed by atoms with van der Waals surface area (Å²) in [6.07, 6.45) is 3.50. The van der Waals surface area contributed by atoms with Crippen LogP contribution in [-0.4, -0.2) is 28.5 Å². The first-order valence-corrected chi connectivity index (χ1v) is 9.84. The molecule has 0 radical (unpaired) electrons. The Balaban J connectivity index is 1.52. The number of halogens is 2. The smallest absolute Gasteiger partial charge is 0.261 e. The van der Waals surface area contributed by atoms with E-state index in [1.165, 1.54) is 29.5 Å². The van der Waals surface area contributed by atoms with Gasteiger partial charge in [0.1, 0.15) is 17.3 Å². The van der Waals surface area contributed by atoms with E-state index in [1.54, 1.807) is 12.3 Å². The second kappa shape index (κ2) is 8.10. The monoisotopic (exact) mass is 412 g/mol. The van der Waals surface area contributed by atoms with Gasteiger partial charge in [-0.15, -0.1) is 11.3 Å². The van der Waals surface area contributed by atoms with Crippen LogP contribution in [0.1, 0.15) is 15.2 Å². The summed E-state index contributed by atoms with van der Waals surface area (Å²) in [6, 6.07) is 10.5. The molecule has 0 saturated carbocycles. The summed E-state index contributed by atoms with van der Waals surface area (Å²) in [5, 5.41) is 3.75. The fourth-order valence-electron chi connectivity index (χ4n) is 3.20. The minimum atomic E-state index is -0.649. The Morgan fingerprint density at radius 1 is 1.17 bits per heavy atom. The summed E-state index contributed by atoms with van der Waals surface area (Å²) in [6.45, 7) is 0.0616. The Kier molecular flexibility index (Phi) is 5.37. The molecule has 4 rings (SSSR count). The summed E-state index contributed by atoms with van der Waals surface area (Å²) in [5.74, 6) is -1.62. The number of pyridine rings is 1. The van der Waals surface area contributed by atoms with Gasteiger partial charge in [0.25, 0.3) is 5.91 Å². The zero-order valence-electron chi connectivity index (χ0n) is 15.3. The van der Waals surface area contributed by atoms with Crippen molar-refractivity contribution in [3.8, 4) is 10.4 Å². The molecule has 3 aromatic heterocycles. The van der Waals surface area contributed by atoms with Gasteiger partial charge in [-0.3, -0.25) is 4.79 Å². The molecule has 3 heterocycles. The van der Waals surface area contributed by atoms with Crippen molar-refractivity contribution < 1.29 is 13.6 Å². The van der Waals surface area contributed by atoms with Crippen molar-refractivity contribution in [3.63, 3.8) is 0 Å². The molecule has 5 nitrogen and oxygen atoms in total. The van der Waals surface area contributed by atoms with Gasteiger partial charge in [0.05, 0.1) is 4.88 Å². The SMILES string of the molecule is NCC(Cc1c(F)cccc1F)NC(=O)c1ccc(-c2ccnc3[nH]ccc23)s1. The van der Waals surface area contributed by atoms with Crippen molar-refractivity contribution in [1.29, 1.82) is 0 Å². The molecular weight excluding hydrogens is 394 g/mol. The van der Waals surface area contributed by atoms with E-state index in [0.29, 0.717) is 4.88 Å². The Morgan fingerprint density at radius 2 is 1.97 bits per heavy atom. The average molecular weight is 412 g/mol. The third-order valence-electron chi connectivity index (χ3n) is 4.69. The first-order chi connectivity index (χ1) is 14.1. The highest BCUT2D eigenvalue weighted by Gasteiger charge is 2.19. The average Bonchev–Trinajstić information content (AvgIpc) is 3.39. The van der Waals surface area contributed by atoms with Gasteiger partial charge in [-0.1, -0.05) is 6.07 Å². The highest BCUT2D eigenvalue weighted by Crippen LogP contribution is 2.32. The first-order valence-electron chi connectivity index (χ1n) is 9.03. The van der Waals surface area contributed by atoms with Crippen LogP contribution >= 0.6 is 11.3 Å². The summed E-state index contributed by atoms with van der Waals surface area (Å²) in [4.78, 5) is 21.4. The number of hydrogen-bond donors (Lipinski definition) is 3. The summed E-state index contributed by atoms with van der Waals surface area (Å²) in [5.41, 5.74) is 7.40. The first kappa shape index (κ1) is 19.2. The van der Waals surface area contributed by atoms with Crippen molar-refractivity contribution >= 4 is 28.3 Å². The standard InChI is InChI=1S/C21H18F2N4OS/c22-16-2-1-3-17(23)15(16)10-12(11-24)27-21(28)19-5-4-18(29-19)13-6-8-25-20-14(13)7-9-26-20/h1-9,12H,10-11,24H2,(H,25,26)(H,27,28). The molecule has 4 N–H and O–H groups in total. The number of thiophene rings is 1.